The number of hydrogen-bond acceptors (Lipinski definition) is 4. The van der Waals surface area contributed by atoms with Gasteiger partial charge in [0.2, 0.25) is 0 Å². The normalized spacial score (nSPS) is 18.1. The van der Waals surface area contributed by atoms with Crippen molar-refractivity contribution in [3.63, 3.8) is 0 Å². The van der Waals surface area contributed by atoms with Crippen LogP contribution in [0.25, 0.3) is 0 Å². The molecule has 0 aromatic carbocycles. The quantitative estimate of drug-likeness (QED) is 0.615. The molecule has 0 spiro atoms. The van der Waals surface area contributed by atoms with Crippen molar-refractivity contribution in [1.82, 2.24) is 9.88 Å². The first kappa shape index (κ1) is 14.4. The van der Waals surface area contributed by atoms with Crippen LogP contribution < -0.4 is 9.30 Å². The lowest BCUT2D eigenvalue weighted by atomic mass is 10.3. The summed E-state index contributed by atoms with van der Waals surface area (Å²) in [5, 5.41) is 0. The van der Waals surface area contributed by atoms with Gasteiger partial charge in [-0.15, -0.1) is 0 Å². The largest absolute Gasteiger partial charge is 0.498 e. The van der Waals surface area contributed by atoms with Crippen LogP contribution in [0.2, 0.25) is 0 Å². The average molecular weight is 282 g/mol. The molecule has 0 unspecified atom stereocenters. The Kier molecular flexibility index (Phi) is 4.60. The highest BCUT2D eigenvalue weighted by atomic mass is 19.1. The molecule has 0 N–H and O–H groups in total. The minimum absolute atomic E-state index is 0.0651. The molecule has 1 fully saturated rings. The maximum absolute atomic E-state index is 13.1. The summed E-state index contributed by atoms with van der Waals surface area (Å²) in [5.41, 5.74) is 0. The summed E-state index contributed by atoms with van der Waals surface area (Å²) >= 11 is 0. The van der Waals surface area contributed by atoms with Crippen LogP contribution in [-0.2, 0) is 4.79 Å². The predicted molar refractivity (Wildman–Crippen MR) is 66.9 cm³/mol. The van der Waals surface area contributed by atoms with Crippen LogP contribution in [-0.4, -0.2) is 41.1 Å². The number of aromatic nitrogens is 2. The van der Waals surface area contributed by atoms with E-state index >= 15 is 0 Å². The van der Waals surface area contributed by atoms with Crippen molar-refractivity contribution in [1.29, 1.82) is 0 Å². The van der Waals surface area contributed by atoms with Gasteiger partial charge < -0.3 is 4.74 Å². The second-order valence-electron chi connectivity index (χ2n) is 4.64. The fraction of sp³-hybridized carbons (Fsp3) is 0.538. The van der Waals surface area contributed by atoms with E-state index in [1.54, 1.807) is 0 Å². The molecule has 1 saturated heterocycles. The van der Waals surface area contributed by atoms with Gasteiger partial charge in [-0.3, -0.25) is 4.79 Å². The first-order valence-electron chi connectivity index (χ1n) is 6.61. The highest BCUT2D eigenvalue weighted by molar-refractivity contribution is 5.71. The topological polar surface area (TPSA) is 63.4 Å². The standard InChI is InChI=1S/C13H17FN3O3/c1-2-3-12(18)20-11-9-17(7-5-15-11)13(19)16-6-4-10(14)8-16/h5,7,9-10H,2-4,6,8H2,1H3/q+1/t10-/m0/s1. The Morgan fingerprint density at radius 3 is 3.05 bits per heavy atom. The average Bonchev–Trinajstić information content (AvgIpc) is 2.85. The highest BCUT2D eigenvalue weighted by Crippen LogP contribution is 2.12. The van der Waals surface area contributed by atoms with Gasteiger partial charge in [0, 0.05) is 12.8 Å². The second-order valence-corrected chi connectivity index (χ2v) is 4.64. The number of hydrogen-bond donors (Lipinski definition) is 0. The third-order valence-corrected chi connectivity index (χ3v) is 2.97. The molecule has 1 aliphatic rings. The van der Waals surface area contributed by atoms with Crippen LogP contribution in [0.4, 0.5) is 9.18 Å². The molecule has 1 amide bonds. The molecule has 108 valence electrons. The minimum Gasteiger partial charge on any atom is -0.403 e. The van der Waals surface area contributed by atoms with E-state index in [0.717, 1.165) is 0 Å². The van der Waals surface area contributed by atoms with E-state index in [1.807, 2.05) is 6.92 Å². The van der Waals surface area contributed by atoms with Gasteiger partial charge >= 0.3 is 12.0 Å². The highest BCUT2D eigenvalue weighted by Gasteiger charge is 2.34. The summed E-state index contributed by atoms with van der Waals surface area (Å²) in [6.07, 6.45) is 4.51. The Morgan fingerprint density at radius 2 is 2.40 bits per heavy atom. The molecule has 1 atom stereocenters. The molecule has 1 aromatic rings. The number of alkyl halides is 1. The monoisotopic (exact) mass is 282 g/mol. The van der Waals surface area contributed by atoms with Crippen LogP contribution in [0.3, 0.4) is 0 Å². The Hall–Kier alpha value is -2.05. The van der Waals surface area contributed by atoms with E-state index in [-0.39, 0.29) is 18.5 Å². The zero-order valence-electron chi connectivity index (χ0n) is 11.3. The summed E-state index contributed by atoms with van der Waals surface area (Å²) < 4.78 is 19.4. The number of amides is 1. The Balaban J connectivity index is 2.05. The van der Waals surface area contributed by atoms with Gasteiger partial charge in [-0.1, -0.05) is 6.92 Å². The molecule has 2 heterocycles. The van der Waals surface area contributed by atoms with E-state index < -0.39 is 12.1 Å². The lowest BCUT2D eigenvalue weighted by Crippen LogP contribution is -2.51. The molecular weight excluding hydrogens is 265 g/mol. The fourth-order valence-corrected chi connectivity index (χ4v) is 1.97. The van der Waals surface area contributed by atoms with Gasteiger partial charge in [-0.25, -0.2) is 14.3 Å². The maximum atomic E-state index is 13.1. The number of halogens is 1. The maximum Gasteiger partial charge on any atom is 0.498 e. The summed E-state index contributed by atoms with van der Waals surface area (Å²) in [5.74, 6) is -0.328. The fourth-order valence-electron chi connectivity index (χ4n) is 1.97. The van der Waals surface area contributed by atoms with Gasteiger partial charge in [0.25, 0.3) is 5.88 Å². The molecule has 1 aliphatic heterocycles. The lowest BCUT2D eigenvalue weighted by molar-refractivity contribution is -0.579. The smallest absolute Gasteiger partial charge is 0.403 e. The number of esters is 1. The molecule has 7 heteroatoms. The molecular formula is C13H17FN3O3+. The first-order valence-corrected chi connectivity index (χ1v) is 6.61. The molecule has 20 heavy (non-hydrogen) atoms. The zero-order valence-corrected chi connectivity index (χ0v) is 11.3. The van der Waals surface area contributed by atoms with E-state index in [4.69, 9.17) is 4.74 Å². The van der Waals surface area contributed by atoms with Crippen molar-refractivity contribution in [2.24, 2.45) is 0 Å². The summed E-state index contributed by atoms with van der Waals surface area (Å²) in [7, 11) is 0. The number of carbonyl (C=O) groups is 2. The van der Waals surface area contributed by atoms with E-state index in [0.29, 0.717) is 25.8 Å². The van der Waals surface area contributed by atoms with E-state index in [2.05, 4.69) is 4.98 Å². The molecule has 0 radical (unpaired) electrons. The number of carbonyl (C=O) groups excluding carboxylic acids is 2. The second kappa shape index (κ2) is 6.40. The number of likely N-dealkylation sites (tertiary alicyclic amines) is 1. The van der Waals surface area contributed by atoms with Gasteiger partial charge in [-0.2, -0.15) is 9.36 Å². The zero-order chi connectivity index (χ0) is 14.5. The van der Waals surface area contributed by atoms with Crippen LogP contribution in [0, 0.1) is 0 Å². The van der Waals surface area contributed by atoms with Crippen molar-refractivity contribution in [3.05, 3.63) is 18.6 Å². The first-order chi connectivity index (χ1) is 9.60. The third-order valence-electron chi connectivity index (χ3n) is 2.97. The Labute approximate surface area is 116 Å². The molecule has 0 saturated carbocycles. The Morgan fingerprint density at radius 1 is 1.60 bits per heavy atom. The van der Waals surface area contributed by atoms with Crippen LogP contribution in [0.5, 0.6) is 5.88 Å². The molecule has 2 rings (SSSR count). The SMILES string of the molecule is CCCC(=O)Oc1c[n+](C(=O)N2CC[C@H](F)C2)ccn1. The number of rotatable bonds is 3. The van der Waals surface area contributed by atoms with Crippen molar-refractivity contribution in [2.45, 2.75) is 32.4 Å². The summed E-state index contributed by atoms with van der Waals surface area (Å²) in [4.78, 5) is 28.8. The minimum atomic E-state index is -0.969. The van der Waals surface area contributed by atoms with Gasteiger partial charge in [0.1, 0.15) is 18.9 Å². The molecule has 1 aromatic heterocycles. The van der Waals surface area contributed by atoms with Crippen molar-refractivity contribution in [2.75, 3.05) is 13.1 Å². The van der Waals surface area contributed by atoms with Crippen molar-refractivity contribution < 1.29 is 23.3 Å². The molecule has 0 bridgehead atoms. The van der Waals surface area contributed by atoms with Crippen LogP contribution in [0.1, 0.15) is 26.2 Å². The van der Waals surface area contributed by atoms with Crippen LogP contribution in [0.15, 0.2) is 18.6 Å². The third kappa shape index (κ3) is 3.49. The number of ether oxygens (including phenoxy) is 1. The summed E-state index contributed by atoms with van der Waals surface area (Å²) in [6, 6.07) is -0.347. The van der Waals surface area contributed by atoms with Crippen molar-refractivity contribution in [3.8, 4) is 5.88 Å². The van der Waals surface area contributed by atoms with E-state index in [9.17, 15) is 14.0 Å². The van der Waals surface area contributed by atoms with Gasteiger partial charge in [0.15, 0.2) is 6.20 Å². The predicted octanol–water partition coefficient (Wildman–Crippen LogP) is 1.09. The summed E-state index contributed by atoms with van der Waals surface area (Å²) in [6.45, 7) is 2.35. The lowest BCUT2D eigenvalue weighted by Gasteiger charge is -2.08. The number of nitrogens with zero attached hydrogens (tertiary/aromatic N) is 3. The van der Waals surface area contributed by atoms with Crippen LogP contribution >= 0.6 is 0 Å². The van der Waals surface area contributed by atoms with Gasteiger partial charge in [0.05, 0.1) is 12.7 Å². The van der Waals surface area contributed by atoms with E-state index in [1.165, 1.54) is 28.1 Å². The Bertz CT molecular complexity index is 509. The van der Waals surface area contributed by atoms with Gasteiger partial charge in [-0.05, 0) is 6.42 Å². The molecule has 6 nitrogen and oxygen atoms in total. The molecule has 0 aliphatic carbocycles. The van der Waals surface area contributed by atoms with Crippen molar-refractivity contribution >= 4 is 12.0 Å².